The van der Waals surface area contributed by atoms with Gasteiger partial charge in [0.05, 0.1) is 12.8 Å². The predicted molar refractivity (Wildman–Crippen MR) is 68.8 cm³/mol. The Morgan fingerprint density at radius 3 is 2.74 bits per heavy atom. The maximum absolute atomic E-state index is 11.8. The third kappa shape index (κ3) is 5.39. The molecule has 0 saturated carbocycles. The Hall–Kier alpha value is -1.41. The van der Waals surface area contributed by atoms with Crippen LogP contribution in [-0.2, 0) is 26.6 Å². The minimum absolute atomic E-state index is 0.0185. The SMILES string of the molecule is CC(C)CCOC(=O)CNS(=O)(=O)c1cnn(C)c1. The molecular weight excluding hydrogens is 270 g/mol. The van der Waals surface area contributed by atoms with E-state index in [1.807, 2.05) is 13.8 Å². The molecule has 0 aromatic carbocycles. The van der Waals surface area contributed by atoms with Crippen LogP contribution in [0.15, 0.2) is 17.3 Å². The predicted octanol–water partition coefficient (Wildman–Crippen LogP) is 0.288. The average molecular weight is 289 g/mol. The molecule has 0 radical (unpaired) electrons. The number of aryl methyl sites for hydroxylation is 1. The first kappa shape index (κ1) is 15.6. The molecule has 0 bridgehead atoms. The van der Waals surface area contributed by atoms with Gasteiger partial charge in [-0.1, -0.05) is 13.8 Å². The number of nitrogens with zero attached hydrogens (tertiary/aromatic N) is 2. The molecule has 19 heavy (non-hydrogen) atoms. The summed E-state index contributed by atoms with van der Waals surface area (Å²) >= 11 is 0. The zero-order valence-electron chi connectivity index (χ0n) is 11.3. The fraction of sp³-hybridized carbons (Fsp3) is 0.636. The summed E-state index contributed by atoms with van der Waals surface area (Å²) in [6.45, 7) is 3.94. The van der Waals surface area contributed by atoms with Crippen molar-refractivity contribution in [3.63, 3.8) is 0 Å². The normalized spacial score (nSPS) is 11.8. The van der Waals surface area contributed by atoms with Crippen LogP contribution >= 0.6 is 0 Å². The summed E-state index contributed by atoms with van der Waals surface area (Å²) in [4.78, 5) is 11.4. The fourth-order valence-corrected chi connectivity index (χ4v) is 2.19. The van der Waals surface area contributed by atoms with Gasteiger partial charge in [-0.2, -0.15) is 9.82 Å². The molecule has 0 amide bonds. The molecule has 1 aromatic rings. The quantitative estimate of drug-likeness (QED) is 0.728. The molecule has 1 aromatic heterocycles. The Labute approximate surface area is 113 Å². The van der Waals surface area contributed by atoms with Gasteiger partial charge in [0, 0.05) is 13.2 Å². The van der Waals surface area contributed by atoms with Crippen LogP contribution < -0.4 is 4.72 Å². The molecule has 0 aliphatic carbocycles. The Morgan fingerprint density at radius 2 is 2.21 bits per heavy atom. The van der Waals surface area contributed by atoms with Crippen molar-refractivity contribution in [3.8, 4) is 0 Å². The topological polar surface area (TPSA) is 90.3 Å². The number of carbonyl (C=O) groups is 1. The van der Waals surface area contributed by atoms with Crippen LogP contribution in [0, 0.1) is 5.92 Å². The molecule has 8 heteroatoms. The van der Waals surface area contributed by atoms with Crippen LogP contribution in [0.4, 0.5) is 0 Å². The smallest absolute Gasteiger partial charge is 0.321 e. The van der Waals surface area contributed by atoms with Gasteiger partial charge in [-0.05, 0) is 12.3 Å². The minimum Gasteiger partial charge on any atom is -0.465 e. The van der Waals surface area contributed by atoms with Crippen molar-refractivity contribution < 1.29 is 17.9 Å². The highest BCUT2D eigenvalue weighted by molar-refractivity contribution is 7.89. The zero-order chi connectivity index (χ0) is 14.5. The van der Waals surface area contributed by atoms with Gasteiger partial charge in [0.2, 0.25) is 10.0 Å². The minimum atomic E-state index is -3.71. The Kier molecular flexibility index (Phi) is 5.49. The van der Waals surface area contributed by atoms with Gasteiger partial charge in [0.1, 0.15) is 11.4 Å². The van der Waals surface area contributed by atoms with Crippen LogP contribution in [0.3, 0.4) is 0 Å². The molecule has 1 N–H and O–H groups in total. The van der Waals surface area contributed by atoms with E-state index in [1.54, 1.807) is 7.05 Å². The highest BCUT2D eigenvalue weighted by Crippen LogP contribution is 2.05. The van der Waals surface area contributed by atoms with E-state index >= 15 is 0 Å². The van der Waals surface area contributed by atoms with Gasteiger partial charge in [-0.3, -0.25) is 9.48 Å². The number of rotatable bonds is 7. The van der Waals surface area contributed by atoms with Crippen molar-refractivity contribution in [3.05, 3.63) is 12.4 Å². The maximum Gasteiger partial charge on any atom is 0.321 e. The number of hydrogen-bond acceptors (Lipinski definition) is 5. The van der Waals surface area contributed by atoms with E-state index < -0.39 is 16.0 Å². The number of hydrogen-bond donors (Lipinski definition) is 1. The molecule has 0 unspecified atom stereocenters. The summed E-state index contributed by atoms with van der Waals surface area (Å²) in [5, 5.41) is 3.76. The average Bonchev–Trinajstić information content (AvgIpc) is 2.74. The maximum atomic E-state index is 11.8. The van der Waals surface area contributed by atoms with Gasteiger partial charge in [-0.15, -0.1) is 0 Å². The number of sulfonamides is 1. The first-order chi connectivity index (χ1) is 8.81. The monoisotopic (exact) mass is 289 g/mol. The molecule has 0 spiro atoms. The second kappa shape index (κ2) is 6.67. The number of carbonyl (C=O) groups excluding carboxylic acids is 1. The molecule has 1 heterocycles. The molecule has 0 fully saturated rings. The van der Waals surface area contributed by atoms with Crippen molar-refractivity contribution >= 4 is 16.0 Å². The molecule has 1 rings (SSSR count). The van der Waals surface area contributed by atoms with Crippen molar-refractivity contribution in [2.75, 3.05) is 13.2 Å². The van der Waals surface area contributed by atoms with E-state index in [4.69, 9.17) is 4.74 Å². The fourth-order valence-electron chi connectivity index (χ4n) is 1.23. The van der Waals surface area contributed by atoms with Gasteiger partial charge >= 0.3 is 5.97 Å². The molecule has 0 aliphatic rings. The van der Waals surface area contributed by atoms with E-state index in [0.717, 1.165) is 6.42 Å². The van der Waals surface area contributed by atoms with E-state index in [-0.39, 0.29) is 11.4 Å². The van der Waals surface area contributed by atoms with E-state index in [0.29, 0.717) is 12.5 Å². The van der Waals surface area contributed by atoms with Gasteiger partial charge in [0.15, 0.2) is 0 Å². The highest BCUT2D eigenvalue weighted by atomic mass is 32.2. The number of aromatic nitrogens is 2. The molecular formula is C11H19N3O4S. The first-order valence-corrected chi connectivity index (χ1v) is 7.43. The molecule has 108 valence electrons. The number of esters is 1. The summed E-state index contributed by atoms with van der Waals surface area (Å²) < 4.78 is 32.0. The van der Waals surface area contributed by atoms with Crippen molar-refractivity contribution in [1.82, 2.24) is 14.5 Å². The van der Waals surface area contributed by atoms with Crippen molar-refractivity contribution in [1.29, 1.82) is 0 Å². The lowest BCUT2D eigenvalue weighted by Crippen LogP contribution is -2.30. The highest BCUT2D eigenvalue weighted by Gasteiger charge is 2.17. The van der Waals surface area contributed by atoms with E-state index in [1.165, 1.54) is 17.1 Å². The number of ether oxygens (including phenoxy) is 1. The van der Waals surface area contributed by atoms with Crippen LogP contribution in [0.25, 0.3) is 0 Å². The largest absolute Gasteiger partial charge is 0.465 e. The lowest BCUT2D eigenvalue weighted by atomic mass is 10.1. The third-order valence-electron chi connectivity index (χ3n) is 2.36. The molecule has 7 nitrogen and oxygen atoms in total. The second-order valence-corrected chi connectivity index (χ2v) is 6.34. The zero-order valence-corrected chi connectivity index (χ0v) is 12.1. The van der Waals surface area contributed by atoms with Gasteiger partial charge < -0.3 is 4.74 Å². The Bertz CT molecular complexity index is 522. The van der Waals surface area contributed by atoms with Gasteiger partial charge in [-0.25, -0.2) is 8.42 Å². The lowest BCUT2D eigenvalue weighted by Gasteiger charge is -2.07. The lowest BCUT2D eigenvalue weighted by molar-refractivity contribution is -0.142. The summed E-state index contributed by atoms with van der Waals surface area (Å²) in [5.41, 5.74) is 0. The summed E-state index contributed by atoms with van der Waals surface area (Å²) in [5.74, 6) is -0.159. The summed E-state index contributed by atoms with van der Waals surface area (Å²) in [7, 11) is -2.10. The third-order valence-corrected chi connectivity index (χ3v) is 3.71. The van der Waals surface area contributed by atoms with Crippen LogP contribution in [0.5, 0.6) is 0 Å². The van der Waals surface area contributed by atoms with Crippen molar-refractivity contribution in [2.24, 2.45) is 13.0 Å². The molecule has 0 atom stereocenters. The van der Waals surface area contributed by atoms with Crippen LogP contribution in [0.1, 0.15) is 20.3 Å². The second-order valence-electron chi connectivity index (χ2n) is 4.58. The number of nitrogens with one attached hydrogen (secondary N) is 1. The van der Waals surface area contributed by atoms with Crippen LogP contribution in [-0.4, -0.2) is 37.3 Å². The van der Waals surface area contributed by atoms with E-state index in [2.05, 4.69) is 9.82 Å². The Balaban J connectivity index is 2.41. The molecule has 0 aliphatic heterocycles. The summed E-state index contributed by atoms with van der Waals surface area (Å²) in [6, 6.07) is 0. The Morgan fingerprint density at radius 1 is 1.53 bits per heavy atom. The molecule has 0 saturated heterocycles. The summed E-state index contributed by atoms with van der Waals surface area (Å²) in [6.07, 6.45) is 3.32. The standard InChI is InChI=1S/C11H19N3O4S/c1-9(2)4-5-18-11(15)7-13-19(16,17)10-6-12-14(3)8-10/h6,8-9,13H,4-5,7H2,1-3H3. The first-order valence-electron chi connectivity index (χ1n) is 5.95. The van der Waals surface area contributed by atoms with Crippen LogP contribution in [0.2, 0.25) is 0 Å². The van der Waals surface area contributed by atoms with E-state index in [9.17, 15) is 13.2 Å². The van der Waals surface area contributed by atoms with Crippen molar-refractivity contribution in [2.45, 2.75) is 25.2 Å². The van der Waals surface area contributed by atoms with Gasteiger partial charge in [0.25, 0.3) is 0 Å².